The summed E-state index contributed by atoms with van der Waals surface area (Å²) in [5.74, 6) is -0.869. The molecule has 1 aliphatic heterocycles. The third kappa shape index (κ3) is 3.73. The van der Waals surface area contributed by atoms with Crippen LogP contribution in [-0.2, 0) is 9.59 Å². The number of methoxy groups -OCH3 is 2. The Balaban J connectivity index is 2.03. The van der Waals surface area contributed by atoms with Gasteiger partial charge in [0.1, 0.15) is 0 Å². The number of piperazine rings is 1. The molecule has 1 saturated heterocycles. The Labute approximate surface area is 135 Å². The van der Waals surface area contributed by atoms with Gasteiger partial charge in [0.25, 0.3) is 0 Å². The van der Waals surface area contributed by atoms with E-state index in [1.807, 2.05) is 18.2 Å². The Morgan fingerprint density at radius 1 is 1.09 bits per heavy atom. The summed E-state index contributed by atoms with van der Waals surface area (Å²) in [4.78, 5) is 25.8. The van der Waals surface area contributed by atoms with Gasteiger partial charge in [0.05, 0.1) is 14.2 Å². The summed E-state index contributed by atoms with van der Waals surface area (Å²) in [5, 5.41) is 8.76. The van der Waals surface area contributed by atoms with E-state index in [1.54, 1.807) is 14.2 Å². The first-order chi connectivity index (χ1) is 11.0. The molecule has 1 unspecified atom stereocenters. The summed E-state index contributed by atoms with van der Waals surface area (Å²) in [6.45, 7) is 4.19. The molecular weight excluding hydrogens is 300 g/mol. The number of rotatable bonds is 4. The fourth-order valence-corrected chi connectivity index (χ4v) is 2.77. The fraction of sp³-hybridized carbons (Fsp3) is 0.500. The standard InChI is InChI=1S/C16H22N2O5/c1-11(12-4-5-13(22-2)14(10-12)23-3)17-6-8-18(9-7-17)15(19)16(20)21/h4-5,10-11H,6-9H2,1-3H3,(H,20,21). The number of carboxylic acids is 1. The van der Waals surface area contributed by atoms with Gasteiger partial charge in [-0.2, -0.15) is 0 Å². The van der Waals surface area contributed by atoms with Gasteiger partial charge >= 0.3 is 11.9 Å². The highest BCUT2D eigenvalue weighted by Crippen LogP contribution is 2.32. The normalized spacial score (nSPS) is 16.7. The highest BCUT2D eigenvalue weighted by Gasteiger charge is 2.28. The van der Waals surface area contributed by atoms with Gasteiger partial charge in [-0.25, -0.2) is 4.79 Å². The van der Waals surface area contributed by atoms with Crippen molar-refractivity contribution in [1.82, 2.24) is 9.80 Å². The van der Waals surface area contributed by atoms with Crippen molar-refractivity contribution < 1.29 is 24.2 Å². The van der Waals surface area contributed by atoms with Crippen molar-refractivity contribution in [1.29, 1.82) is 0 Å². The van der Waals surface area contributed by atoms with Crippen LogP contribution in [0.4, 0.5) is 0 Å². The van der Waals surface area contributed by atoms with Crippen molar-refractivity contribution in [3.63, 3.8) is 0 Å². The molecule has 23 heavy (non-hydrogen) atoms. The Hall–Kier alpha value is -2.28. The zero-order chi connectivity index (χ0) is 17.0. The van der Waals surface area contributed by atoms with Crippen LogP contribution in [0.15, 0.2) is 18.2 Å². The van der Waals surface area contributed by atoms with E-state index in [0.29, 0.717) is 37.7 Å². The third-order valence-electron chi connectivity index (χ3n) is 4.22. The maximum atomic E-state index is 11.5. The minimum absolute atomic E-state index is 0.136. The van der Waals surface area contributed by atoms with Gasteiger partial charge < -0.3 is 19.5 Å². The molecule has 2 rings (SSSR count). The second-order valence-corrected chi connectivity index (χ2v) is 5.42. The third-order valence-corrected chi connectivity index (χ3v) is 4.22. The molecule has 1 atom stereocenters. The molecule has 1 heterocycles. The number of aliphatic carboxylic acids is 1. The first-order valence-corrected chi connectivity index (χ1v) is 7.46. The van der Waals surface area contributed by atoms with E-state index >= 15 is 0 Å². The van der Waals surface area contributed by atoms with Crippen molar-refractivity contribution in [2.45, 2.75) is 13.0 Å². The first-order valence-electron chi connectivity index (χ1n) is 7.46. The second kappa shape index (κ2) is 7.32. The van der Waals surface area contributed by atoms with Gasteiger partial charge in [-0.15, -0.1) is 0 Å². The molecule has 1 amide bonds. The van der Waals surface area contributed by atoms with E-state index < -0.39 is 11.9 Å². The Morgan fingerprint density at radius 3 is 2.22 bits per heavy atom. The average Bonchev–Trinajstić information content (AvgIpc) is 2.59. The minimum Gasteiger partial charge on any atom is -0.493 e. The van der Waals surface area contributed by atoms with Crippen molar-refractivity contribution in [2.75, 3.05) is 40.4 Å². The summed E-state index contributed by atoms with van der Waals surface area (Å²) in [7, 11) is 3.20. The lowest BCUT2D eigenvalue weighted by atomic mass is 10.1. The molecule has 0 saturated carbocycles. The summed E-state index contributed by atoms with van der Waals surface area (Å²) in [6, 6.07) is 5.94. The molecule has 0 bridgehead atoms. The summed E-state index contributed by atoms with van der Waals surface area (Å²) in [6.07, 6.45) is 0. The number of hydrogen-bond donors (Lipinski definition) is 1. The van der Waals surface area contributed by atoms with Gasteiger partial charge in [-0.3, -0.25) is 9.69 Å². The van der Waals surface area contributed by atoms with Crippen LogP contribution >= 0.6 is 0 Å². The second-order valence-electron chi connectivity index (χ2n) is 5.42. The lowest BCUT2D eigenvalue weighted by Crippen LogP contribution is -2.51. The van der Waals surface area contributed by atoms with Crippen LogP contribution in [-0.4, -0.2) is 67.2 Å². The van der Waals surface area contributed by atoms with Crippen molar-refractivity contribution in [2.24, 2.45) is 0 Å². The smallest absolute Gasteiger partial charge is 0.394 e. The van der Waals surface area contributed by atoms with Crippen LogP contribution in [0, 0.1) is 0 Å². The monoisotopic (exact) mass is 322 g/mol. The lowest BCUT2D eigenvalue weighted by molar-refractivity contribution is -0.157. The van der Waals surface area contributed by atoms with E-state index in [-0.39, 0.29) is 6.04 Å². The Morgan fingerprint density at radius 2 is 1.70 bits per heavy atom. The number of benzene rings is 1. The average molecular weight is 322 g/mol. The predicted molar refractivity (Wildman–Crippen MR) is 83.7 cm³/mol. The van der Waals surface area contributed by atoms with Crippen LogP contribution in [0.3, 0.4) is 0 Å². The summed E-state index contributed by atoms with van der Waals surface area (Å²) < 4.78 is 10.6. The molecule has 0 aliphatic carbocycles. The zero-order valence-corrected chi connectivity index (χ0v) is 13.6. The number of nitrogens with zero attached hydrogens (tertiary/aromatic N) is 2. The number of ether oxygens (including phenoxy) is 2. The van der Waals surface area contributed by atoms with Gasteiger partial charge in [0.15, 0.2) is 11.5 Å². The molecule has 1 aromatic rings. The Bertz CT molecular complexity index is 582. The van der Waals surface area contributed by atoms with Gasteiger partial charge in [0, 0.05) is 32.2 Å². The molecule has 0 spiro atoms. The van der Waals surface area contributed by atoms with E-state index in [1.165, 1.54) is 4.90 Å². The number of carboxylic acid groups (broad SMARTS) is 1. The molecule has 1 fully saturated rings. The highest BCUT2D eigenvalue weighted by molar-refractivity contribution is 6.31. The molecule has 1 N–H and O–H groups in total. The molecule has 1 aromatic carbocycles. The number of carbonyl (C=O) groups is 2. The van der Waals surface area contributed by atoms with Gasteiger partial charge in [-0.1, -0.05) is 6.07 Å². The molecule has 126 valence electrons. The number of carbonyl (C=O) groups excluding carboxylic acids is 1. The lowest BCUT2D eigenvalue weighted by Gasteiger charge is -2.37. The van der Waals surface area contributed by atoms with Crippen LogP contribution in [0.2, 0.25) is 0 Å². The van der Waals surface area contributed by atoms with Crippen molar-refractivity contribution >= 4 is 11.9 Å². The van der Waals surface area contributed by atoms with E-state index in [9.17, 15) is 9.59 Å². The quantitative estimate of drug-likeness (QED) is 0.833. The summed E-state index contributed by atoms with van der Waals surface area (Å²) >= 11 is 0. The zero-order valence-electron chi connectivity index (χ0n) is 13.6. The van der Waals surface area contributed by atoms with Crippen molar-refractivity contribution in [3.8, 4) is 11.5 Å². The van der Waals surface area contributed by atoms with Crippen molar-refractivity contribution in [3.05, 3.63) is 23.8 Å². The fourth-order valence-electron chi connectivity index (χ4n) is 2.77. The molecule has 1 aliphatic rings. The van der Waals surface area contributed by atoms with Crippen LogP contribution < -0.4 is 9.47 Å². The topological polar surface area (TPSA) is 79.3 Å². The number of hydrogen-bond acceptors (Lipinski definition) is 5. The maximum Gasteiger partial charge on any atom is 0.394 e. The highest BCUT2D eigenvalue weighted by atomic mass is 16.5. The van der Waals surface area contributed by atoms with Crippen LogP contribution in [0.5, 0.6) is 11.5 Å². The van der Waals surface area contributed by atoms with E-state index in [4.69, 9.17) is 14.6 Å². The molecule has 7 nitrogen and oxygen atoms in total. The summed E-state index contributed by atoms with van der Waals surface area (Å²) in [5.41, 5.74) is 1.08. The molecule has 0 radical (unpaired) electrons. The SMILES string of the molecule is COc1ccc(C(C)N2CCN(C(=O)C(=O)O)CC2)cc1OC. The molecule has 0 aromatic heterocycles. The number of amides is 1. The van der Waals surface area contributed by atoms with Crippen LogP contribution in [0.1, 0.15) is 18.5 Å². The van der Waals surface area contributed by atoms with Gasteiger partial charge in [-0.05, 0) is 24.6 Å². The van der Waals surface area contributed by atoms with Crippen LogP contribution in [0.25, 0.3) is 0 Å². The van der Waals surface area contributed by atoms with E-state index in [2.05, 4.69) is 11.8 Å². The molecule has 7 heteroatoms. The minimum atomic E-state index is -1.40. The maximum absolute atomic E-state index is 11.5. The predicted octanol–water partition coefficient (Wildman–Crippen LogP) is 0.994. The molecular formula is C16H22N2O5. The first kappa shape index (κ1) is 17.1. The van der Waals surface area contributed by atoms with E-state index in [0.717, 1.165) is 5.56 Å². The van der Waals surface area contributed by atoms with Gasteiger partial charge in [0.2, 0.25) is 0 Å². The largest absolute Gasteiger partial charge is 0.493 e. The Kier molecular flexibility index (Phi) is 5.44.